The maximum Gasteiger partial charge on any atom is 0.409 e. The van der Waals surface area contributed by atoms with Crippen molar-refractivity contribution in [2.24, 2.45) is 0 Å². The Balaban J connectivity index is 1.54. The van der Waals surface area contributed by atoms with Gasteiger partial charge in [-0.2, -0.15) is 0 Å². The van der Waals surface area contributed by atoms with E-state index in [0.29, 0.717) is 50.3 Å². The molecule has 2 rings (SSSR count). The first kappa shape index (κ1) is 20.5. The number of ether oxygens (including phenoxy) is 1. The van der Waals surface area contributed by atoms with Gasteiger partial charge >= 0.3 is 6.09 Å². The van der Waals surface area contributed by atoms with Crippen molar-refractivity contribution >= 4 is 23.6 Å². The molecule has 0 aromatic heterocycles. The van der Waals surface area contributed by atoms with Gasteiger partial charge in [-0.3, -0.25) is 4.79 Å². The molecule has 1 saturated heterocycles. The third kappa shape index (κ3) is 7.22. The van der Waals surface area contributed by atoms with Gasteiger partial charge in [-0.05, 0) is 43.9 Å². The van der Waals surface area contributed by atoms with Crippen molar-refractivity contribution in [3.8, 4) is 0 Å². The number of hydrogen-bond acceptors (Lipinski definition) is 4. The molecule has 1 heterocycles. The summed E-state index contributed by atoms with van der Waals surface area (Å²) in [6.07, 6.45) is 2.76. The fraction of sp³-hybridized carbons (Fsp3) is 0.579. The maximum absolute atomic E-state index is 11.9. The number of piperidine rings is 1. The Kier molecular flexibility index (Phi) is 8.71. The molecule has 2 N–H and O–H groups in total. The Morgan fingerprint density at radius 2 is 2.04 bits per heavy atom. The number of halogens is 1. The molecular weight excluding hydrogens is 354 g/mol. The molecule has 1 aromatic rings. The van der Waals surface area contributed by atoms with Crippen LogP contribution >= 0.6 is 11.6 Å². The lowest BCUT2D eigenvalue weighted by Crippen LogP contribution is -2.45. The molecule has 0 atom stereocenters. The predicted molar refractivity (Wildman–Crippen MR) is 102 cm³/mol. The quantitative estimate of drug-likeness (QED) is 0.726. The van der Waals surface area contributed by atoms with E-state index in [9.17, 15) is 9.59 Å². The average molecular weight is 382 g/mol. The molecule has 1 fully saturated rings. The minimum Gasteiger partial charge on any atom is -0.450 e. The minimum atomic E-state index is -0.231. The number of benzene rings is 1. The summed E-state index contributed by atoms with van der Waals surface area (Å²) in [5, 5.41) is 7.05. The lowest BCUT2D eigenvalue weighted by atomic mass is 10.1. The molecule has 0 aliphatic carbocycles. The Morgan fingerprint density at radius 1 is 1.27 bits per heavy atom. The van der Waals surface area contributed by atoms with Crippen LogP contribution in [0.2, 0.25) is 5.02 Å². The first-order valence-electron chi connectivity index (χ1n) is 9.24. The number of carbonyl (C=O) groups is 2. The van der Waals surface area contributed by atoms with E-state index in [4.69, 9.17) is 16.3 Å². The van der Waals surface area contributed by atoms with E-state index in [1.54, 1.807) is 4.90 Å². The Hall–Kier alpha value is -1.79. The fourth-order valence-corrected chi connectivity index (χ4v) is 3.21. The van der Waals surface area contributed by atoms with Crippen LogP contribution in [0.15, 0.2) is 24.3 Å². The van der Waals surface area contributed by atoms with Crippen LogP contribution < -0.4 is 10.6 Å². The van der Waals surface area contributed by atoms with Gasteiger partial charge in [-0.15, -0.1) is 0 Å². The van der Waals surface area contributed by atoms with Gasteiger partial charge in [0.2, 0.25) is 5.91 Å². The van der Waals surface area contributed by atoms with Gasteiger partial charge in [0.05, 0.1) is 6.61 Å². The third-order valence-electron chi connectivity index (χ3n) is 4.43. The highest BCUT2D eigenvalue weighted by molar-refractivity contribution is 6.30. The van der Waals surface area contributed by atoms with Gasteiger partial charge in [0.15, 0.2) is 0 Å². The minimum absolute atomic E-state index is 0.0449. The van der Waals surface area contributed by atoms with Crippen LogP contribution in [0.25, 0.3) is 0 Å². The number of amides is 2. The van der Waals surface area contributed by atoms with Gasteiger partial charge in [0.25, 0.3) is 0 Å². The van der Waals surface area contributed by atoms with E-state index in [-0.39, 0.29) is 12.0 Å². The molecule has 0 unspecified atom stereocenters. The highest BCUT2D eigenvalue weighted by Crippen LogP contribution is 2.12. The molecule has 144 valence electrons. The van der Waals surface area contributed by atoms with E-state index in [0.717, 1.165) is 24.8 Å². The van der Waals surface area contributed by atoms with Crippen LogP contribution in [0, 0.1) is 0 Å². The lowest BCUT2D eigenvalue weighted by molar-refractivity contribution is -0.121. The van der Waals surface area contributed by atoms with Crippen molar-refractivity contribution in [1.82, 2.24) is 15.5 Å². The van der Waals surface area contributed by atoms with Crippen molar-refractivity contribution in [2.75, 3.05) is 32.8 Å². The second kappa shape index (κ2) is 11.0. The monoisotopic (exact) mass is 381 g/mol. The van der Waals surface area contributed by atoms with Crippen LogP contribution in [0.5, 0.6) is 0 Å². The predicted octanol–water partition coefficient (Wildman–Crippen LogP) is 2.60. The van der Waals surface area contributed by atoms with Crippen molar-refractivity contribution in [2.45, 2.75) is 38.6 Å². The summed E-state index contributed by atoms with van der Waals surface area (Å²) in [7, 11) is 0. The molecule has 1 aliphatic rings. The molecule has 0 bridgehead atoms. The summed E-state index contributed by atoms with van der Waals surface area (Å²) in [5.41, 5.74) is 1.12. The SMILES string of the molecule is CCOC(=O)N1CCC(NCCC(=O)NCCc2cccc(Cl)c2)CC1. The zero-order valence-corrected chi connectivity index (χ0v) is 16.1. The lowest BCUT2D eigenvalue weighted by Gasteiger charge is -2.31. The normalized spacial score (nSPS) is 14.9. The van der Waals surface area contributed by atoms with Gasteiger partial charge in [-0.25, -0.2) is 4.79 Å². The fourth-order valence-electron chi connectivity index (χ4n) is 3.00. The topological polar surface area (TPSA) is 70.7 Å². The van der Waals surface area contributed by atoms with E-state index in [2.05, 4.69) is 10.6 Å². The molecule has 0 saturated carbocycles. The largest absolute Gasteiger partial charge is 0.450 e. The molecule has 2 amide bonds. The molecule has 1 aliphatic heterocycles. The first-order valence-corrected chi connectivity index (χ1v) is 9.62. The van der Waals surface area contributed by atoms with Gasteiger partial charge in [0.1, 0.15) is 0 Å². The van der Waals surface area contributed by atoms with Gasteiger partial charge in [0, 0.05) is 43.7 Å². The Morgan fingerprint density at radius 3 is 2.73 bits per heavy atom. The molecule has 7 heteroatoms. The number of nitrogens with one attached hydrogen (secondary N) is 2. The van der Waals surface area contributed by atoms with E-state index in [1.807, 2.05) is 31.2 Å². The van der Waals surface area contributed by atoms with Crippen molar-refractivity contribution in [3.05, 3.63) is 34.9 Å². The zero-order chi connectivity index (χ0) is 18.8. The summed E-state index contributed by atoms with van der Waals surface area (Å²) in [6, 6.07) is 8.02. The molecule has 0 spiro atoms. The zero-order valence-electron chi connectivity index (χ0n) is 15.3. The standard InChI is InChI=1S/C19H28ClN3O3/c1-2-26-19(25)23-12-8-17(9-13-23)21-11-7-18(24)22-10-6-15-4-3-5-16(20)14-15/h3-5,14,17,21H,2,6-13H2,1H3,(H,22,24). The second-order valence-electron chi connectivity index (χ2n) is 6.39. The summed E-state index contributed by atoms with van der Waals surface area (Å²) in [6.45, 7) is 4.87. The highest BCUT2D eigenvalue weighted by Gasteiger charge is 2.23. The van der Waals surface area contributed by atoms with Crippen molar-refractivity contribution < 1.29 is 14.3 Å². The van der Waals surface area contributed by atoms with Crippen molar-refractivity contribution in [3.63, 3.8) is 0 Å². The van der Waals surface area contributed by atoms with Crippen LogP contribution in [0.3, 0.4) is 0 Å². The molecular formula is C19H28ClN3O3. The number of carbonyl (C=O) groups excluding carboxylic acids is 2. The van der Waals surface area contributed by atoms with Crippen LogP contribution in [-0.2, 0) is 16.0 Å². The summed E-state index contributed by atoms with van der Waals surface area (Å²) in [5.74, 6) is 0.0449. The van der Waals surface area contributed by atoms with E-state index in [1.165, 1.54) is 0 Å². The average Bonchev–Trinajstić information content (AvgIpc) is 2.62. The molecule has 0 radical (unpaired) electrons. The number of nitrogens with zero attached hydrogens (tertiary/aromatic N) is 1. The summed E-state index contributed by atoms with van der Waals surface area (Å²) in [4.78, 5) is 25.3. The van der Waals surface area contributed by atoms with Crippen LogP contribution in [-0.4, -0.2) is 55.7 Å². The smallest absolute Gasteiger partial charge is 0.409 e. The maximum atomic E-state index is 11.9. The number of hydrogen-bond donors (Lipinski definition) is 2. The summed E-state index contributed by atoms with van der Waals surface area (Å²) < 4.78 is 5.01. The van der Waals surface area contributed by atoms with E-state index < -0.39 is 0 Å². The summed E-state index contributed by atoms with van der Waals surface area (Å²) >= 11 is 5.95. The Bertz CT molecular complexity index is 589. The van der Waals surface area contributed by atoms with Crippen molar-refractivity contribution in [1.29, 1.82) is 0 Å². The Labute approximate surface area is 160 Å². The number of likely N-dealkylation sites (tertiary alicyclic amines) is 1. The van der Waals surface area contributed by atoms with Gasteiger partial charge < -0.3 is 20.3 Å². The number of rotatable bonds is 8. The first-order chi connectivity index (χ1) is 12.6. The highest BCUT2D eigenvalue weighted by atomic mass is 35.5. The molecule has 1 aromatic carbocycles. The molecule has 6 nitrogen and oxygen atoms in total. The van der Waals surface area contributed by atoms with Gasteiger partial charge in [-0.1, -0.05) is 23.7 Å². The van der Waals surface area contributed by atoms with E-state index >= 15 is 0 Å². The third-order valence-corrected chi connectivity index (χ3v) is 4.67. The molecule has 26 heavy (non-hydrogen) atoms. The second-order valence-corrected chi connectivity index (χ2v) is 6.83. The van der Waals surface area contributed by atoms with Crippen LogP contribution in [0.4, 0.5) is 4.79 Å². The van der Waals surface area contributed by atoms with Crippen LogP contribution in [0.1, 0.15) is 31.7 Å².